The van der Waals surface area contributed by atoms with E-state index in [0.29, 0.717) is 11.6 Å². The highest BCUT2D eigenvalue weighted by molar-refractivity contribution is 9.10. The van der Waals surface area contributed by atoms with Gasteiger partial charge in [0, 0.05) is 4.47 Å². The SMILES string of the molecule is Cc1ccc(NC(=O)c2cnc(CN)o2)c(Br)c1. The lowest BCUT2D eigenvalue weighted by Gasteiger charge is -2.06. The maximum Gasteiger partial charge on any atom is 0.293 e. The molecule has 0 radical (unpaired) electrons. The molecule has 0 unspecified atom stereocenters. The van der Waals surface area contributed by atoms with E-state index in [9.17, 15) is 4.79 Å². The standard InChI is InChI=1S/C12H12BrN3O2/c1-7-2-3-9(8(13)4-7)16-12(17)10-6-15-11(5-14)18-10/h2-4,6H,5,14H2,1H3,(H,16,17). The summed E-state index contributed by atoms with van der Waals surface area (Å²) in [7, 11) is 0. The van der Waals surface area contributed by atoms with Crippen molar-refractivity contribution >= 4 is 27.5 Å². The maximum absolute atomic E-state index is 11.9. The minimum atomic E-state index is -0.355. The van der Waals surface area contributed by atoms with E-state index < -0.39 is 0 Å². The summed E-state index contributed by atoms with van der Waals surface area (Å²) in [5, 5.41) is 2.73. The van der Waals surface area contributed by atoms with Gasteiger partial charge in [-0.2, -0.15) is 0 Å². The van der Waals surface area contributed by atoms with Crippen molar-refractivity contribution in [2.24, 2.45) is 5.73 Å². The van der Waals surface area contributed by atoms with Gasteiger partial charge in [-0.05, 0) is 40.5 Å². The minimum Gasteiger partial charge on any atom is -0.434 e. The van der Waals surface area contributed by atoms with Crippen LogP contribution < -0.4 is 11.1 Å². The molecule has 0 fully saturated rings. The fourth-order valence-electron chi connectivity index (χ4n) is 1.42. The molecule has 0 bridgehead atoms. The van der Waals surface area contributed by atoms with Crippen molar-refractivity contribution in [2.75, 3.05) is 5.32 Å². The second kappa shape index (κ2) is 5.32. The van der Waals surface area contributed by atoms with Crippen molar-refractivity contribution in [2.45, 2.75) is 13.5 Å². The fraction of sp³-hybridized carbons (Fsp3) is 0.167. The van der Waals surface area contributed by atoms with Crippen LogP contribution in [0.1, 0.15) is 22.0 Å². The summed E-state index contributed by atoms with van der Waals surface area (Å²) in [6.07, 6.45) is 1.36. The molecule has 0 spiro atoms. The topological polar surface area (TPSA) is 81.2 Å². The van der Waals surface area contributed by atoms with Crippen molar-refractivity contribution in [1.82, 2.24) is 4.98 Å². The van der Waals surface area contributed by atoms with Gasteiger partial charge in [0.15, 0.2) is 0 Å². The lowest BCUT2D eigenvalue weighted by atomic mass is 10.2. The number of nitrogens with two attached hydrogens (primary N) is 1. The van der Waals surface area contributed by atoms with Crippen LogP contribution in [-0.2, 0) is 6.54 Å². The first-order valence-corrected chi connectivity index (χ1v) is 6.11. The third kappa shape index (κ3) is 2.77. The predicted octanol–water partition coefficient (Wildman–Crippen LogP) is 2.46. The van der Waals surface area contributed by atoms with E-state index in [-0.39, 0.29) is 18.2 Å². The molecule has 0 atom stereocenters. The third-order valence-corrected chi connectivity index (χ3v) is 2.98. The van der Waals surface area contributed by atoms with Crippen LogP contribution in [0.15, 0.2) is 33.3 Å². The zero-order chi connectivity index (χ0) is 13.1. The number of oxazole rings is 1. The number of hydrogen-bond donors (Lipinski definition) is 2. The summed E-state index contributed by atoms with van der Waals surface area (Å²) in [4.78, 5) is 15.7. The molecular weight excluding hydrogens is 298 g/mol. The van der Waals surface area contributed by atoms with Gasteiger partial charge in [0.2, 0.25) is 11.7 Å². The molecule has 2 rings (SSSR count). The molecule has 0 aliphatic rings. The molecule has 5 nitrogen and oxygen atoms in total. The minimum absolute atomic E-state index is 0.142. The van der Waals surface area contributed by atoms with E-state index in [0.717, 1.165) is 10.0 Å². The Bertz CT molecular complexity index is 580. The first-order valence-electron chi connectivity index (χ1n) is 5.32. The lowest BCUT2D eigenvalue weighted by molar-refractivity contribution is 0.0995. The average Bonchev–Trinajstić information content (AvgIpc) is 2.81. The van der Waals surface area contributed by atoms with Gasteiger partial charge in [-0.25, -0.2) is 4.98 Å². The smallest absolute Gasteiger partial charge is 0.293 e. The molecule has 0 saturated heterocycles. The number of benzene rings is 1. The third-order valence-electron chi connectivity index (χ3n) is 2.32. The van der Waals surface area contributed by atoms with Crippen LogP contribution in [0.3, 0.4) is 0 Å². The highest BCUT2D eigenvalue weighted by Crippen LogP contribution is 2.23. The Balaban J connectivity index is 2.16. The number of amides is 1. The number of rotatable bonds is 3. The zero-order valence-electron chi connectivity index (χ0n) is 9.74. The van der Waals surface area contributed by atoms with Gasteiger partial charge in [0.05, 0.1) is 18.4 Å². The largest absolute Gasteiger partial charge is 0.434 e. The number of anilines is 1. The van der Waals surface area contributed by atoms with E-state index in [1.165, 1.54) is 6.20 Å². The monoisotopic (exact) mass is 309 g/mol. The summed E-state index contributed by atoms with van der Waals surface area (Å²) in [6.45, 7) is 2.14. The molecule has 3 N–H and O–H groups in total. The predicted molar refractivity (Wildman–Crippen MR) is 71.2 cm³/mol. The van der Waals surface area contributed by atoms with Crippen molar-refractivity contribution < 1.29 is 9.21 Å². The number of aromatic nitrogens is 1. The van der Waals surface area contributed by atoms with Gasteiger partial charge in [0.1, 0.15) is 0 Å². The Morgan fingerprint density at radius 2 is 2.33 bits per heavy atom. The van der Waals surface area contributed by atoms with Crippen LogP contribution >= 0.6 is 15.9 Å². The van der Waals surface area contributed by atoms with Crippen molar-refractivity contribution in [1.29, 1.82) is 0 Å². The van der Waals surface area contributed by atoms with E-state index >= 15 is 0 Å². The van der Waals surface area contributed by atoms with Crippen LogP contribution in [0, 0.1) is 6.92 Å². The molecule has 18 heavy (non-hydrogen) atoms. The van der Waals surface area contributed by atoms with Crippen LogP contribution in [0.2, 0.25) is 0 Å². The number of carbonyl (C=O) groups excluding carboxylic acids is 1. The van der Waals surface area contributed by atoms with Crippen molar-refractivity contribution in [3.05, 3.63) is 46.1 Å². The van der Waals surface area contributed by atoms with Crippen LogP contribution in [0.4, 0.5) is 5.69 Å². The highest BCUT2D eigenvalue weighted by Gasteiger charge is 2.13. The van der Waals surface area contributed by atoms with E-state index in [4.69, 9.17) is 10.2 Å². The highest BCUT2D eigenvalue weighted by atomic mass is 79.9. The Morgan fingerprint density at radius 3 is 2.94 bits per heavy atom. The molecule has 2 aromatic rings. The summed E-state index contributed by atoms with van der Waals surface area (Å²) >= 11 is 3.39. The Hall–Kier alpha value is -1.66. The van der Waals surface area contributed by atoms with Gasteiger partial charge in [-0.1, -0.05) is 6.07 Å². The summed E-state index contributed by atoms with van der Waals surface area (Å²) < 4.78 is 5.98. The second-order valence-corrected chi connectivity index (χ2v) is 4.61. The Kier molecular flexibility index (Phi) is 3.78. The Labute approximate surface area is 113 Å². The summed E-state index contributed by atoms with van der Waals surface area (Å²) in [6, 6.07) is 5.64. The van der Waals surface area contributed by atoms with Gasteiger partial charge >= 0.3 is 0 Å². The number of carbonyl (C=O) groups is 1. The molecule has 6 heteroatoms. The maximum atomic E-state index is 11.9. The summed E-state index contributed by atoms with van der Waals surface area (Å²) in [5.74, 6) is 0.123. The summed E-state index contributed by atoms with van der Waals surface area (Å²) in [5.41, 5.74) is 7.14. The van der Waals surface area contributed by atoms with Gasteiger partial charge in [0.25, 0.3) is 5.91 Å². The average molecular weight is 310 g/mol. The normalized spacial score (nSPS) is 10.4. The van der Waals surface area contributed by atoms with Crippen LogP contribution in [0.25, 0.3) is 0 Å². The van der Waals surface area contributed by atoms with E-state index in [1.54, 1.807) is 0 Å². The molecule has 0 aliphatic heterocycles. The lowest BCUT2D eigenvalue weighted by Crippen LogP contribution is -2.11. The van der Waals surface area contributed by atoms with Crippen LogP contribution in [0.5, 0.6) is 0 Å². The zero-order valence-corrected chi connectivity index (χ0v) is 11.3. The van der Waals surface area contributed by atoms with E-state index in [2.05, 4.69) is 26.2 Å². The molecule has 1 aromatic carbocycles. The Morgan fingerprint density at radius 1 is 1.56 bits per heavy atom. The number of hydrogen-bond acceptors (Lipinski definition) is 4. The number of nitrogens with zero attached hydrogens (tertiary/aromatic N) is 1. The van der Waals surface area contributed by atoms with Gasteiger partial charge in [-0.15, -0.1) is 0 Å². The molecule has 1 amide bonds. The molecular formula is C12H12BrN3O2. The van der Waals surface area contributed by atoms with Gasteiger partial charge < -0.3 is 15.5 Å². The van der Waals surface area contributed by atoms with E-state index in [1.807, 2.05) is 25.1 Å². The molecule has 1 aromatic heterocycles. The van der Waals surface area contributed by atoms with Crippen molar-refractivity contribution in [3.8, 4) is 0 Å². The first-order chi connectivity index (χ1) is 8.60. The quantitative estimate of drug-likeness (QED) is 0.912. The molecule has 0 saturated carbocycles. The molecule has 0 aliphatic carbocycles. The number of aryl methyl sites for hydroxylation is 1. The number of nitrogens with one attached hydrogen (secondary N) is 1. The molecule has 94 valence electrons. The second-order valence-electron chi connectivity index (χ2n) is 3.76. The van der Waals surface area contributed by atoms with Crippen molar-refractivity contribution in [3.63, 3.8) is 0 Å². The number of halogens is 1. The van der Waals surface area contributed by atoms with Crippen LogP contribution in [-0.4, -0.2) is 10.9 Å². The molecule has 1 heterocycles. The fourth-order valence-corrected chi connectivity index (χ4v) is 2.01. The first kappa shape index (κ1) is 12.8. The van der Waals surface area contributed by atoms with Gasteiger partial charge in [-0.3, -0.25) is 4.79 Å².